The lowest BCUT2D eigenvalue weighted by Gasteiger charge is -2.15. The van der Waals surface area contributed by atoms with Gasteiger partial charge in [0.2, 0.25) is 0 Å². The molecule has 1 aromatic heterocycles. The van der Waals surface area contributed by atoms with E-state index in [1.165, 1.54) is 0 Å². The van der Waals surface area contributed by atoms with Crippen molar-refractivity contribution in [3.05, 3.63) is 17.6 Å². The summed E-state index contributed by atoms with van der Waals surface area (Å²) in [6.07, 6.45) is 0. The lowest BCUT2D eigenvalue weighted by Crippen LogP contribution is -2.08. The summed E-state index contributed by atoms with van der Waals surface area (Å²) in [7, 11) is -2.66. The standard InChI is InChI=1S/C12H22N2O3PS/c1-6-15-18(19,16-7-2)17-11-8-10(5)13-12(14-11)9(3)4/h8-9,19H,6-7H2,1-5H3/q+1. The summed E-state index contributed by atoms with van der Waals surface area (Å²) < 4.78 is 16.7. The first-order chi connectivity index (χ1) is 8.90. The van der Waals surface area contributed by atoms with Crippen molar-refractivity contribution in [1.82, 2.24) is 9.97 Å². The molecule has 1 heterocycles. The Balaban J connectivity index is 2.95. The molecular weight excluding hydrogens is 283 g/mol. The summed E-state index contributed by atoms with van der Waals surface area (Å²) in [5.41, 5.74) is 0.849. The zero-order valence-electron chi connectivity index (χ0n) is 12.1. The highest BCUT2D eigenvalue weighted by Crippen LogP contribution is 2.65. The highest BCUT2D eigenvalue weighted by atomic mass is 32.7. The topological polar surface area (TPSA) is 53.5 Å². The lowest BCUT2D eigenvalue weighted by molar-refractivity contribution is 0.212. The second-order valence-electron chi connectivity index (χ2n) is 4.26. The average Bonchev–Trinajstić information content (AvgIpc) is 2.28. The molecule has 0 aromatic carbocycles. The number of thiol groups is 1. The van der Waals surface area contributed by atoms with E-state index in [2.05, 4.69) is 22.2 Å². The summed E-state index contributed by atoms with van der Waals surface area (Å²) in [6.45, 7) is 10.7. The van der Waals surface area contributed by atoms with Crippen LogP contribution in [0.4, 0.5) is 0 Å². The molecule has 7 heteroatoms. The van der Waals surface area contributed by atoms with Gasteiger partial charge >= 0.3 is 7.15 Å². The largest absolute Gasteiger partial charge is 0.523 e. The van der Waals surface area contributed by atoms with Gasteiger partial charge in [0.15, 0.2) is 0 Å². The van der Waals surface area contributed by atoms with Crippen LogP contribution in [-0.2, 0) is 9.05 Å². The Morgan fingerprint density at radius 1 is 1.21 bits per heavy atom. The molecule has 108 valence electrons. The molecule has 0 saturated heterocycles. The van der Waals surface area contributed by atoms with Crippen molar-refractivity contribution in [3.8, 4) is 5.88 Å². The van der Waals surface area contributed by atoms with E-state index in [-0.39, 0.29) is 5.92 Å². The maximum absolute atomic E-state index is 5.73. The predicted molar refractivity (Wildman–Crippen MR) is 80.6 cm³/mol. The number of hydrogen-bond donors (Lipinski definition) is 1. The van der Waals surface area contributed by atoms with Gasteiger partial charge in [0.1, 0.15) is 18.1 Å². The minimum Gasteiger partial charge on any atom is -0.254 e. The molecule has 0 spiro atoms. The van der Waals surface area contributed by atoms with Gasteiger partial charge in [0, 0.05) is 17.7 Å². The quantitative estimate of drug-likeness (QED) is 0.610. The van der Waals surface area contributed by atoms with Crippen molar-refractivity contribution in [1.29, 1.82) is 0 Å². The van der Waals surface area contributed by atoms with Gasteiger partial charge < -0.3 is 0 Å². The van der Waals surface area contributed by atoms with E-state index < -0.39 is 7.15 Å². The van der Waals surface area contributed by atoms with Gasteiger partial charge in [-0.2, -0.15) is 14.0 Å². The van der Waals surface area contributed by atoms with Crippen molar-refractivity contribution in [3.63, 3.8) is 0 Å². The molecule has 5 nitrogen and oxygen atoms in total. The van der Waals surface area contributed by atoms with Gasteiger partial charge in [-0.25, -0.2) is 4.98 Å². The van der Waals surface area contributed by atoms with Crippen LogP contribution in [-0.4, -0.2) is 23.2 Å². The van der Waals surface area contributed by atoms with Crippen molar-refractivity contribution in [2.45, 2.75) is 40.5 Å². The van der Waals surface area contributed by atoms with E-state index in [4.69, 9.17) is 13.6 Å². The van der Waals surface area contributed by atoms with Gasteiger partial charge in [-0.15, -0.1) is 0 Å². The Kier molecular flexibility index (Phi) is 6.47. The molecule has 0 fully saturated rings. The number of hydrogen-bond acceptors (Lipinski definition) is 6. The van der Waals surface area contributed by atoms with Crippen molar-refractivity contribution >= 4 is 19.4 Å². The Labute approximate surface area is 120 Å². The van der Waals surface area contributed by atoms with E-state index in [0.717, 1.165) is 11.5 Å². The Morgan fingerprint density at radius 3 is 2.26 bits per heavy atom. The van der Waals surface area contributed by atoms with Crippen LogP contribution in [0.2, 0.25) is 0 Å². The predicted octanol–water partition coefficient (Wildman–Crippen LogP) is 3.97. The highest BCUT2D eigenvalue weighted by molar-refractivity contribution is 8.47. The molecule has 0 aliphatic carbocycles. The fourth-order valence-corrected chi connectivity index (χ4v) is 3.51. The fourth-order valence-electron chi connectivity index (χ4n) is 1.40. The Hall–Kier alpha value is -0.420. The highest BCUT2D eigenvalue weighted by Gasteiger charge is 2.43. The number of rotatable bonds is 7. The Morgan fingerprint density at radius 2 is 1.79 bits per heavy atom. The van der Waals surface area contributed by atoms with E-state index in [1.807, 2.05) is 34.6 Å². The minimum absolute atomic E-state index is 0.231. The average molecular weight is 305 g/mol. The first-order valence-corrected chi connectivity index (χ1v) is 9.05. The van der Waals surface area contributed by atoms with Gasteiger partial charge in [-0.1, -0.05) is 13.8 Å². The van der Waals surface area contributed by atoms with Crippen LogP contribution in [0.3, 0.4) is 0 Å². The first kappa shape index (κ1) is 16.6. The van der Waals surface area contributed by atoms with Gasteiger partial charge in [0.05, 0.1) is 13.2 Å². The number of aryl methyl sites for hydroxylation is 1. The molecule has 0 atom stereocenters. The van der Waals surface area contributed by atoms with Crippen molar-refractivity contribution < 1.29 is 13.6 Å². The van der Waals surface area contributed by atoms with Crippen LogP contribution in [0.5, 0.6) is 5.88 Å². The van der Waals surface area contributed by atoms with Crippen LogP contribution >= 0.6 is 19.4 Å². The molecule has 1 aromatic rings. The van der Waals surface area contributed by atoms with Crippen LogP contribution in [0.1, 0.15) is 45.1 Å². The summed E-state index contributed by atoms with van der Waals surface area (Å²) in [5, 5.41) is 0. The third-order valence-electron chi connectivity index (χ3n) is 2.16. The molecular formula is C12H22N2O3PS+. The third kappa shape index (κ3) is 5.22. The molecule has 0 unspecified atom stereocenters. The molecule has 0 amide bonds. The second kappa shape index (κ2) is 7.39. The molecule has 19 heavy (non-hydrogen) atoms. The molecule has 0 radical (unpaired) electrons. The lowest BCUT2D eigenvalue weighted by atomic mass is 10.2. The van der Waals surface area contributed by atoms with Gasteiger partial charge in [-0.3, -0.25) is 4.52 Å². The normalized spacial score (nSPS) is 11.9. The van der Waals surface area contributed by atoms with E-state index in [1.54, 1.807) is 6.07 Å². The van der Waals surface area contributed by atoms with Crippen LogP contribution in [0, 0.1) is 6.92 Å². The molecule has 0 N–H and O–H groups in total. The minimum atomic E-state index is -2.66. The second-order valence-corrected chi connectivity index (χ2v) is 7.36. The maximum Gasteiger partial charge on any atom is 0.523 e. The number of aromatic nitrogens is 2. The third-order valence-corrected chi connectivity index (χ3v) is 4.68. The maximum atomic E-state index is 5.73. The van der Waals surface area contributed by atoms with Gasteiger partial charge in [-0.05, 0) is 20.8 Å². The fraction of sp³-hybridized carbons (Fsp3) is 0.667. The molecule has 1 rings (SSSR count). The Bertz CT molecular complexity index is 412. The summed E-state index contributed by atoms with van der Waals surface area (Å²) >= 11 is 4.39. The molecule has 0 bridgehead atoms. The van der Waals surface area contributed by atoms with E-state index in [9.17, 15) is 0 Å². The van der Waals surface area contributed by atoms with Crippen LogP contribution < -0.4 is 4.52 Å². The first-order valence-electron chi connectivity index (χ1n) is 6.36. The zero-order chi connectivity index (χ0) is 14.5. The SMILES string of the molecule is CCO[P+](S)(OCC)Oc1cc(C)nc(C(C)C)n1. The van der Waals surface area contributed by atoms with Crippen molar-refractivity contribution in [2.75, 3.05) is 13.2 Å². The van der Waals surface area contributed by atoms with E-state index in [0.29, 0.717) is 19.1 Å². The summed E-state index contributed by atoms with van der Waals surface area (Å²) in [4.78, 5) is 8.74. The van der Waals surface area contributed by atoms with Crippen molar-refractivity contribution in [2.24, 2.45) is 0 Å². The summed E-state index contributed by atoms with van der Waals surface area (Å²) in [6, 6.07) is 1.76. The van der Waals surface area contributed by atoms with Gasteiger partial charge in [0.25, 0.3) is 5.88 Å². The zero-order valence-corrected chi connectivity index (χ0v) is 13.9. The monoisotopic (exact) mass is 305 g/mol. The number of nitrogens with zero attached hydrogens (tertiary/aromatic N) is 2. The molecule has 0 aliphatic heterocycles. The van der Waals surface area contributed by atoms with E-state index >= 15 is 0 Å². The smallest absolute Gasteiger partial charge is 0.254 e. The molecule has 0 saturated carbocycles. The van der Waals surface area contributed by atoms with Crippen LogP contribution in [0.15, 0.2) is 6.07 Å². The van der Waals surface area contributed by atoms with Crippen LogP contribution in [0.25, 0.3) is 0 Å². The summed E-state index contributed by atoms with van der Waals surface area (Å²) in [5.74, 6) is 1.42. The molecule has 0 aliphatic rings.